The number of Topliss-reactive ketones (excluding diaryl/α,β-unsaturated/α-hetero) is 1. The SMILES string of the molecule is O=C(c1ccc(C(F)(F)F)c(F)c1)C1CCCCCN1. The third kappa shape index (κ3) is 3.36. The van der Waals surface area contributed by atoms with E-state index in [2.05, 4.69) is 5.32 Å². The first-order valence-corrected chi connectivity index (χ1v) is 6.54. The Hall–Kier alpha value is -1.43. The number of carbonyl (C=O) groups is 1. The van der Waals surface area contributed by atoms with Gasteiger partial charge in [-0.2, -0.15) is 13.2 Å². The molecule has 1 atom stereocenters. The number of hydrogen-bond acceptors (Lipinski definition) is 2. The molecule has 1 heterocycles. The molecule has 0 spiro atoms. The summed E-state index contributed by atoms with van der Waals surface area (Å²) in [6, 6.07) is 1.91. The topological polar surface area (TPSA) is 29.1 Å². The number of benzene rings is 1. The van der Waals surface area contributed by atoms with Crippen LogP contribution in [0.15, 0.2) is 18.2 Å². The number of hydrogen-bond donors (Lipinski definition) is 1. The number of nitrogens with one attached hydrogen (secondary N) is 1. The van der Waals surface area contributed by atoms with Crippen LogP contribution in [0.3, 0.4) is 0 Å². The van der Waals surface area contributed by atoms with Crippen LogP contribution in [0.5, 0.6) is 0 Å². The summed E-state index contributed by atoms with van der Waals surface area (Å²) in [5, 5.41) is 3.05. The van der Waals surface area contributed by atoms with E-state index in [1.54, 1.807) is 0 Å². The number of carbonyl (C=O) groups excluding carboxylic acids is 1. The highest BCUT2D eigenvalue weighted by Gasteiger charge is 2.34. The Labute approximate surface area is 114 Å². The van der Waals surface area contributed by atoms with Crippen molar-refractivity contribution in [3.63, 3.8) is 0 Å². The molecule has 0 amide bonds. The molecule has 0 aromatic heterocycles. The standard InChI is InChI=1S/C14H15F4NO/c15-11-8-9(5-6-10(11)14(16,17)18)13(20)12-4-2-1-3-7-19-12/h5-6,8,12,19H,1-4,7H2. The fourth-order valence-electron chi connectivity index (χ4n) is 2.35. The van der Waals surface area contributed by atoms with Gasteiger partial charge in [-0.3, -0.25) is 4.79 Å². The summed E-state index contributed by atoms with van der Waals surface area (Å²) in [5.41, 5.74) is -1.36. The molecule has 1 N–H and O–H groups in total. The Kier molecular flexibility index (Phi) is 4.42. The molecule has 0 aliphatic carbocycles. The Morgan fingerprint density at radius 3 is 2.60 bits per heavy atom. The lowest BCUT2D eigenvalue weighted by Crippen LogP contribution is -2.36. The van der Waals surface area contributed by atoms with Crippen LogP contribution in [0.4, 0.5) is 17.6 Å². The zero-order chi connectivity index (χ0) is 14.8. The quantitative estimate of drug-likeness (QED) is 0.666. The van der Waals surface area contributed by atoms with Gasteiger partial charge >= 0.3 is 6.18 Å². The maximum Gasteiger partial charge on any atom is 0.419 e. The molecular weight excluding hydrogens is 274 g/mol. The summed E-state index contributed by atoms with van der Waals surface area (Å²) in [4.78, 5) is 12.2. The van der Waals surface area contributed by atoms with E-state index in [-0.39, 0.29) is 11.3 Å². The second-order valence-electron chi connectivity index (χ2n) is 4.91. The zero-order valence-electron chi connectivity index (χ0n) is 10.8. The average Bonchev–Trinajstić information content (AvgIpc) is 2.65. The van der Waals surface area contributed by atoms with Crippen molar-refractivity contribution in [1.29, 1.82) is 0 Å². The van der Waals surface area contributed by atoms with Gasteiger partial charge in [-0.1, -0.05) is 18.9 Å². The van der Waals surface area contributed by atoms with E-state index >= 15 is 0 Å². The van der Waals surface area contributed by atoms with Crippen LogP contribution >= 0.6 is 0 Å². The Morgan fingerprint density at radius 2 is 1.95 bits per heavy atom. The predicted octanol–water partition coefficient (Wildman–Crippen LogP) is 3.56. The Balaban J connectivity index is 2.20. The van der Waals surface area contributed by atoms with Gasteiger partial charge in [0.15, 0.2) is 5.78 Å². The first-order chi connectivity index (χ1) is 9.39. The van der Waals surface area contributed by atoms with Crippen molar-refractivity contribution < 1.29 is 22.4 Å². The normalized spacial score (nSPS) is 20.5. The van der Waals surface area contributed by atoms with Gasteiger partial charge in [0.1, 0.15) is 5.82 Å². The molecule has 1 unspecified atom stereocenters. The van der Waals surface area contributed by atoms with Gasteiger partial charge in [0.2, 0.25) is 0 Å². The molecule has 6 heteroatoms. The van der Waals surface area contributed by atoms with Gasteiger partial charge in [-0.25, -0.2) is 4.39 Å². The van der Waals surface area contributed by atoms with E-state index < -0.39 is 23.6 Å². The molecule has 2 rings (SSSR count). The van der Waals surface area contributed by atoms with Crippen LogP contribution in [0.1, 0.15) is 41.6 Å². The minimum atomic E-state index is -4.74. The predicted molar refractivity (Wildman–Crippen MR) is 66.0 cm³/mol. The molecule has 1 aliphatic heterocycles. The number of rotatable bonds is 2. The maximum absolute atomic E-state index is 13.5. The van der Waals surface area contributed by atoms with Gasteiger partial charge in [0.25, 0.3) is 0 Å². The third-order valence-corrected chi connectivity index (χ3v) is 3.44. The van der Waals surface area contributed by atoms with Gasteiger partial charge < -0.3 is 5.32 Å². The number of ketones is 1. The van der Waals surface area contributed by atoms with E-state index in [9.17, 15) is 22.4 Å². The summed E-state index contributed by atoms with van der Waals surface area (Å²) in [6.07, 6.45) is -1.26. The fourth-order valence-corrected chi connectivity index (χ4v) is 2.35. The van der Waals surface area contributed by atoms with E-state index in [4.69, 9.17) is 0 Å². The minimum absolute atomic E-state index is 0.0186. The summed E-state index contributed by atoms with van der Waals surface area (Å²) in [5.74, 6) is -1.75. The first-order valence-electron chi connectivity index (χ1n) is 6.54. The highest BCUT2D eigenvalue weighted by molar-refractivity contribution is 6.00. The van der Waals surface area contributed by atoms with Gasteiger partial charge in [-0.15, -0.1) is 0 Å². The minimum Gasteiger partial charge on any atom is -0.307 e. The van der Waals surface area contributed by atoms with E-state index in [1.165, 1.54) is 0 Å². The molecule has 1 saturated heterocycles. The summed E-state index contributed by atoms with van der Waals surface area (Å²) in [6.45, 7) is 0.694. The highest BCUT2D eigenvalue weighted by atomic mass is 19.4. The van der Waals surface area contributed by atoms with E-state index in [0.29, 0.717) is 25.1 Å². The molecule has 1 aliphatic rings. The second-order valence-corrected chi connectivity index (χ2v) is 4.91. The summed E-state index contributed by atoms with van der Waals surface area (Å²) in [7, 11) is 0. The van der Waals surface area contributed by atoms with Crippen LogP contribution in [0.2, 0.25) is 0 Å². The monoisotopic (exact) mass is 289 g/mol. The molecule has 0 bridgehead atoms. The lowest BCUT2D eigenvalue weighted by atomic mass is 9.99. The molecule has 1 aromatic carbocycles. The lowest BCUT2D eigenvalue weighted by Gasteiger charge is -2.15. The van der Waals surface area contributed by atoms with Crippen molar-refractivity contribution in [2.75, 3.05) is 6.54 Å². The average molecular weight is 289 g/mol. The Morgan fingerprint density at radius 1 is 1.20 bits per heavy atom. The van der Waals surface area contributed by atoms with Crippen LogP contribution in [-0.4, -0.2) is 18.4 Å². The Bertz CT molecular complexity index is 490. The van der Waals surface area contributed by atoms with E-state index in [1.807, 2.05) is 0 Å². The van der Waals surface area contributed by atoms with Crippen molar-refractivity contribution in [3.8, 4) is 0 Å². The van der Waals surface area contributed by atoms with Gasteiger partial charge in [-0.05, 0) is 31.5 Å². The maximum atomic E-state index is 13.5. The lowest BCUT2D eigenvalue weighted by molar-refractivity contribution is -0.140. The molecule has 2 nitrogen and oxygen atoms in total. The molecule has 1 fully saturated rings. The van der Waals surface area contributed by atoms with Crippen LogP contribution < -0.4 is 5.32 Å². The number of alkyl halides is 3. The van der Waals surface area contributed by atoms with Crippen molar-refractivity contribution in [2.24, 2.45) is 0 Å². The fraction of sp³-hybridized carbons (Fsp3) is 0.500. The molecule has 0 saturated carbocycles. The van der Waals surface area contributed by atoms with Crippen molar-refractivity contribution in [1.82, 2.24) is 5.32 Å². The van der Waals surface area contributed by atoms with Crippen LogP contribution in [0, 0.1) is 5.82 Å². The van der Waals surface area contributed by atoms with Crippen molar-refractivity contribution in [2.45, 2.75) is 37.9 Å². The smallest absolute Gasteiger partial charge is 0.307 e. The number of halogens is 4. The summed E-state index contributed by atoms with van der Waals surface area (Å²) >= 11 is 0. The third-order valence-electron chi connectivity index (χ3n) is 3.44. The highest BCUT2D eigenvalue weighted by Crippen LogP contribution is 2.31. The van der Waals surface area contributed by atoms with Crippen LogP contribution in [-0.2, 0) is 6.18 Å². The van der Waals surface area contributed by atoms with Crippen molar-refractivity contribution in [3.05, 3.63) is 35.1 Å². The summed E-state index contributed by atoms with van der Waals surface area (Å²) < 4.78 is 50.8. The molecule has 20 heavy (non-hydrogen) atoms. The van der Waals surface area contributed by atoms with Gasteiger partial charge in [0, 0.05) is 5.56 Å². The van der Waals surface area contributed by atoms with Gasteiger partial charge in [0.05, 0.1) is 11.6 Å². The first kappa shape index (κ1) is 15.0. The molecular formula is C14H15F4NO. The van der Waals surface area contributed by atoms with Crippen LogP contribution in [0.25, 0.3) is 0 Å². The molecule has 110 valence electrons. The van der Waals surface area contributed by atoms with E-state index in [0.717, 1.165) is 25.3 Å². The molecule has 0 radical (unpaired) electrons. The second kappa shape index (κ2) is 5.91. The van der Waals surface area contributed by atoms with Crippen molar-refractivity contribution >= 4 is 5.78 Å². The largest absolute Gasteiger partial charge is 0.419 e. The molecule has 1 aromatic rings. The zero-order valence-corrected chi connectivity index (χ0v) is 10.8.